The van der Waals surface area contributed by atoms with Gasteiger partial charge in [0, 0.05) is 21.8 Å². The van der Waals surface area contributed by atoms with Gasteiger partial charge < -0.3 is 5.32 Å². The second-order valence-corrected chi connectivity index (χ2v) is 5.71. The summed E-state index contributed by atoms with van der Waals surface area (Å²) < 4.78 is 38.9. The number of anilines is 1. The highest BCUT2D eigenvalue weighted by atomic mass is 35.5. The van der Waals surface area contributed by atoms with Crippen LogP contribution in [0.4, 0.5) is 18.9 Å². The van der Waals surface area contributed by atoms with Gasteiger partial charge in [0.15, 0.2) is 0 Å². The van der Waals surface area contributed by atoms with Crippen LogP contribution in [-0.4, -0.2) is 12.2 Å². The Hall–Kier alpha value is -0.610. The minimum absolute atomic E-state index is 0.176. The molecule has 2 unspecified atom stereocenters. The van der Waals surface area contributed by atoms with Gasteiger partial charge in [-0.15, -0.1) is 0 Å². The Kier molecular flexibility index (Phi) is 4.51. The first-order chi connectivity index (χ1) is 8.86. The number of hydrogen-bond acceptors (Lipinski definition) is 1. The zero-order chi connectivity index (χ0) is 14.0. The fourth-order valence-electron chi connectivity index (χ4n) is 2.55. The predicted molar refractivity (Wildman–Crippen MR) is 71.9 cm³/mol. The SMILES string of the molecule is FC(F)(F)C1CCCCC1Nc1cc(Cl)cc(Cl)c1. The molecule has 1 saturated carbocycles. The van der Waals surface area contributed by atoms with E-state index in [1.807, 2.05) is 0 Å². The molecule has 1 aromatic carbocycles. The van der Waals surface area contributed by atoms with Crippen molar-refractivity contribution < 1.29 is 13.2 Å². The molecule has 0 bridgehead atoms. The molecule has 1 aliphatic rings. The van der Waals surface area contributed by atoms with Gasteiger partial charge in [-0.25, -0.2) is 0 Å². The molecule has 1 N–H and O–H groups in total. The van der Waals surface area contributed by atoms with E-state index >= 15 is 0 Å². The van der Waals surface area contributed by atoms with Crippen LogP contribution in [0.2, 0.25) is 10.0 Å². The molecule has 0 aromatic heterocycles. The van der Waals surface area contributed by atoms with Crippen LogP contribution in [0.15, 0.2) is 18.2 Å². The molecule has 0 saturated heterocycles. The molecule has 6 heteroatoms. The Morgan fingerprint density at radius 1 is 1.00 bits per heavy atom. The van der Waals surface area contributed by atoms with Gasteiger partial charge >= 0.3 is 6.18 Å². The summed E-state index contributed by atoms with van der Waals surface area (Å²) in [5.74, 6) is -1.31. The van der Waals surface area contributed by atoms with E-state index in [2.05, 4.69) is 5.32 Å². The van der Waals surface area contributed by atoms with E-state index in [0.29, 0.717) is 28.6 Å². The van der Waals surface area contributed by atoms with Gasteiger partial charge in [-0.2, -0.15) is 13.2 Å². The maximum Gasteiger partial charge on any atom is 0.393 e. The minimum atomic E-state index is -4.17. The van der Waals surface area contributed by atoms with Crippen LogP contribution in [0.3, 0.4) is 0 Å². The Morgan fingerprint density at radius 2 is 1.58 bits per heavy atom. The average molecular weight is 312 g/mol. The summed E-state index contributed by atoms with van der Waals surface area (Å²) in [5, 5.41) is 3.75. The highest BCUT2D eigenvalue weighted by molar-refractivity contribution is 6.35. The third kappa shape index (κ3) is 3.93. The van der Waals surface area contributed by atoms with Crippen molar-refractivity contribution in [1.29, 1.82) is 0 Å². The van der Waals surface area contributed by atoms with Gasteiger partial charge in [0.1, 0.15) is 0 Å². The normalized spacial score (nSPS) is 24.3. The van der Waals surface area contributed by atoms with Crippen molar-refractivity contribution in [3.63, 3.8) is 0 Å². The Morgan fingerprint density at radius 3 is 2.16 bits per heavy atom. The third-order valence-corrected chi connectivity index (χ3v) is 3.84. The van der Waals surface area contributed by atoms with Crippen molar-refractivity contribution >= 4 is 28.9 Å². The summed E-state index contributed by atoms with van der Waals surface area (Å²) >= 11 is 11.7. The van der Waals surface area contributed by atoms with Gasteiger partial charge in [0.05, 0.1) is 5.92 Å². The largest absolute Gasteiger partial charge is 0.393 e. The first-order valence-corrected chi connectivity index (χ1v) is 6.91. The molecule has 1 fully saturated rings. The number of rotatable bonds is 2. The number of benzene rings is 1. The van der Waals surface area contributed by atoms with E-state index < -0.39 is 18.1 Å². The maximum absolute atomic E-state index is 13.0. The quantitative estimate of drug-likeness (QED) is 0.757. The van der Waals surface area contributed by atoms with Gasteiger partial charge in [0.2, 0.25) is 0 Å². The molecule has 0 spiro atoms. The van der Waals surface area contributed by atoms with Crippen molar-refractivity contribution in [2.45, 2.75) is 37.9 Å². The van der Waals surface area contributed by atoms with Crippen LogP contribution in [-0.2, 0) is 0 Å². The number of alkyl halides is 3. The molecule has 1 nitrogen and oxygen atoms in total. The second-order valence-electron chi connectivity index (χ2n) is 4.84. The standard InChI is InChI=1S/C13H14Cl2F3N/c14-8-5-9(15)7-10(6-8)19-12-4-2-1-3-11(12)13(16,17)18/h5-7,11-12,19H,1-4H2. The lowest BCUT2D eigenvalue weighted by Crippen LogP contribution is -2.41. The van der Waals surface area contributed by atoms with Crippen LogP contribution in [0.1, 0.15) is 25.7 Å². The summed E-state index contributed by atoms with van der Waals surface area (Å²) in [4.78, 5) is 0. The van der Waals surface area contributed by atoms with E-state index in [9.17, 15) is 13.2 Å². The lowest BCUT2D eigenvalue weighted by molar-refractivity contribution is -0.184. The molecule has 0 heterocycles. The van der Waals surface area contributed by atoms with Gasteiger partial charge in [-0.3, -0.25) is 0 Å². The van der Waals surface area contributed by atoms with Crippen LogP contribution in [0, 0.1) is 5.92 Å². The zero-order valence-corrected chi connectivity index (χ0v) is 11.6. The number of nitrogens with one attached hydrogen (secondary N) is 1. The lowest BCUT2D eigenvalue weighted by Gasteiger charge is -2.34. The van der Waals surface area contributed by atoms with Crippen LogP contribution in [0.5, 0.6) is 0 Å². The number of hydrogen-bond donors (Lipinski definition) is 1. The summed E-state index contributed by atoms with van der Waals surface area (Å²) in [5.41, 5.74) is 0.540. The summed E-state index contributed by atoms with van der Waals surface area (Å²) in [6, 6.07) is 4.13. The molecule has 1 aliphatic carbocycles. The monoisotopic (exact) mass is 311 g/mol. The van der Waals surface area contributed by atoms with Gasteiger partial charge in [0.25, 0.3) is 0 Å². The van der Waals surface area contributed by atoms with E-state index in [-0.39, 0.29) is 6.42 Å². The molecule has 0 amide bonds. The Labute approximate surface area is 120 Å². The van der Waals surface area contributed by atoms with Crippen molar-refractivity contribution in [2.24, 2.45) is 5.92 Å². The molecule has 1 aromatic rings. The molecule has 106 valence electrons. The predicted octanol–water partition coefficient (Wildman–Crippen LogP) is 5.53. The Bertz CT molecular complexity index is 428. The molecule has 0 aliphatic heterocycles. The van der Waals surface area contributed by atoms with Gasteiger partial charge in [-0.1, -0.05) is 36.0 Å². The molecule has 2 atom stereocenters. The van der Waals surface area contributed by atoms with E-state index in [1.54, 1.807) is 18.2 Å². The van der Waals surface area contributed by atoms with Crippen molar-refractivity contribution in [3.8, 4) is 0 Å². The second kappa shape index (κ2) is 5.80. The smallest absolute Gasteiger partial charge is 0.382 e. The van der Waals surface area contributed by atoms with E-state index in [4.69, 9.17) is 23.2 Å². The summed E-state index contributed by atoms with van der Waals surface area (Å²) in [6.07, 6.45) is -2.05. The van der Waals surface area contributed by atoms with E-state index in [1.165, 1.54) is 0 Å². The Balaban J connectivity index is 2.15. The lowest BCUT2D eigenvalue weighted by atomic mass is 9.84. The van der Waals surface area contributed by atoms with Gasteiger partial charge in [-0.05, 0) is 31.0 Å². The van der Waals surface area contributed by atoms with Crippen molar-refractivity contribution in [1.82, 2.24) is 0 Å². The van der Waals surface area contributed by atoms with Crippen molar-refractivity contribution in [2.75, 3.05) is 5.32 Å². The fourth-order valence-corrected chi connectivity index (χ4v) is 3.07. The fraction of sp³-hybridized carbons (Fsp3) is 0.538. The highest BCUT2D eigenvalue weighted by Gasteiger charge is 2.45. The van der Waals surface area contributed by atoms with Crippen LogP contribution >= 0.6 is 23.2 Å². The summed E-state index contributed by atoms with van der Waals surface area (Å²) in [6.45, 7) is 0. The first-order valence-electron chi connectivity index (χ1n) is 6.15. The third-order valence-electron chi connectivity index (χ3n) is 3.40. The molecule has 0 radical (unpaired) electrons. The van der Waals surface area contributed by atoms with Crippen LogP contribution in [0.25, 0.3) is 0 Å². The molecule has 2 rings (SSSR count). The van der Waals surface area contributed by atoms with E-state index in [0.717, 1.165) is 6.42 Å². The number of halogens is 5. The minimum Gasteiger partial charge on any atom is -0.382 e. The molecular weight excluding hydrogens is 298 g/mol. The van der Waals surface area contributed by atoms with Crippen LogP contribution < -0.4 is 5.32 Å². The molecular formula is C13H14Cl2F3N. The average Bonchev–Trinajstić information content (AvgIpc) is 2.26. The maximum atomic E-state index is 13.0. The topological polar surface area (TPSA) is 12.0 Å². The summed E-state index contributed by atoms with van der Waals surface area (Å²) in [7, 11) is 0. The first kappa shape index (κ1) is 14.8. The van der Waals surface area contributed by atoms with Crippen molar-refractivity contribution in [3.05, 3.63) is 28.2 Å². The zero-order valence-electron chi connectivity index (χ0n) is 10.1. The molecule has 19 heavy (non-hydrogen) atoms. The highest BCUT2D eigenvalue weighted by Crippen LogP contribution is 2.39.